The van der Waals surface area contributed by atoms with Crippen molar-refractivity contribution in [3.8, 4) is 12.3 Å². The van der Waals surface area contributed by atoms with E-state index in [9.17, 15) is 4.79 Å². The topological polar surface area (TPSA) is 37.3 Å². The quantitative estimate of drug-likeness (QED) is 0.454. The molecular weight excluding hydrogens is 128 g/mol. The highest BCUT2D eigenvalue weighted by molar-refractivity contribution is 5.80. The Morgan fingerprint density at radius 3 is 2.90 bits per heavy atom. The number of terminal acetylenes is 1. The van der Waals surface area contributed by atoms with Crippen LogP contribution in [0.15, 0.2) is 12.7 Å². The molecule has 0 spiro atoms. The number of hydrogen-bond acceptors (Lipinski definition) is 2. The van der Waals surface area contributed by atoms with Crippen LogP contribution in [0.5, 0.6) is 0 Å². The van der Waals surface area contributed by atoms with E-state index in [-0.39, 0.29) is 18.6 Å². The van der Waals surface area contributed by atoms with Gasteiger partial charge in [-0.05, 0) is 0 Å². The second-order valence-electron chi connectivity index (χ2n) is 1.92. The number of allylic oxidation sites excluding steroid dienone is 1. The van der Waals surface area contributed by atoms with E-state index in [1.165, 1.54) is 6.08 Å². The van der Waals surface area contributed by atoms with Crippen molar-refractivity contribution >= 4 is 5.78 Å². The monoisotopic (exact) mass is 138 g/mol. The second kappa shape index (κ2) is 4.78. The number of Topliss-reactive ketones (excluding diaryl/α,β-unsaturated/α-hetero) is 1. The summed E-state index contributed by atoms with van der Waals surface area (Å²) in [5.74, 6) is 1.97. The zero-order valence-corrected chi connectivity index (χ0v) is 5.71. The number of ketones is 1. The molecule has 0 aliphatic carbocycles. The lowest BCUT2D eigenvalue weighted by Crippen LogP contribution is -2.09. The zero-order chi connectivity index (χ0) is 7.98. The maximum atomic E-state index is 10.7. The van der Waals surface area contributed by atoms with Crippen LogP contribution < -0.4 is 0 Å². The highest BCUT2D eigenvalue weighted by atomic mass is 16.3. The molecule has 0 radical (unpaired) electrons. The molecule has 0 fully saturated rings. The molecule has 0 aliphatic rings. The molecule has 1 atom stereocenters. The Hall–Kier alpha value is -1.07. The third-order valence-corrected chi connectivity index (χ3v) is 0.985. The molecule has 0 bridgehead atoms. The minimum atomic E-state index is -0.938. The molecule has 1 unspecified atom stereocenters. The van der Waals surface area contributed by atoms with E-state index >= 15 is 0 Å². The summed E-state index contributed by atoms with van der Waals surface area (Å²) in [7, 11) is 0. The molecule has 0 aliphatic heterocycles. The van der Waals surface area contributed by atoms with Gasteiger partial charge in [0.25, 0.3) is 0 Å². The predicted octanol–water partition coefficient (Wildman–Crippen LogP) is 0.516. The van der Waals surface area contributed by atoms with Crippen LogP contribution >= 0.6 is 0 Å². The molecule has 54 valence electrons. The normalized spacial score (nSPS) is 11.6. The first kappa shape index (κ1) is 8.93. The fourth-order valence-corrected chi connectivity index (χ4v) is 0.519. The Morgan fingerprint density at radius 1 is 1.90 bits per heavy atom. The first-order chi connectivity index (χ1) is 4.70. The van der Waals surface area contributed by atoms with Crippen LogP contribution in [-0.2, 0) is 4.79 Å². The molecule has 0 amide bonds. The fourth-order valence-electron chi connectivity index (χ4n) is 0.519. The van der Waals surface area contributed by atoms with Gasteiger partial charge in [0.1, 0.15) is 11.9 Å². The van der Waals surface area contributed by atoms with Gasteiger partial charge < -0.3 is 5.11 Å². The van der Waals surface area contributed by atoms with E-state index in [4.69, 9.17) is 11.5 Å². The van der Waals surface area contributed by atoms with Crippen molar-refractivity contribution in [1.29, 1.82) is 0 Å². The Kier molecular flexibility index (Phi) is 4.26. The SMILES string of the molecule is C#CC(O)CC(=O)CC=C. The third-order valence-electron chi connectivity index (χ3n) is 0.985. The third kappa shape index (κ3) is 3.88. The lowest BCUT2D eigenvalue weighted by molar-refractivity contribution is -0.119. The van der Waals surface area contributed by atoms with Crippen LogP contribution in [-0.4, -0.2) is 17.0 Å². The smallest absolute Gasteiger partial charge is 0.140 e. The summed E-state index contributed by atoms with van der Waals surface area (Å²) in [6.45, 7) is 3.38. The van der Waals surface area contributed by atoms with E-state index in [0.29, 0.717) is 0 Å². The summed E-state index contributed by atoms with van der Waals surface area (Å²) in [5.41, 5.74) is 0. The molecule has 2 nitrogen and oxygen atoms in total. The van der Waals surface area contributed by atoms with Crippen molar-refractivity contribution in [3.05, 3.63) is 12.7 Å². The number of aliphatic hydroxyl groups is 1. The number of carbonyl (C=O) groups excluding carboxylic acids is 1. The van der Waals surface area contributed by atoms with Crippen molar-refractivity contribution < 1.29 is 9.90 Å². The average molecular weight is 138 g/mol. The Bertz CT molecular complexity index is 165. The van der Waals surface area contributed by atoms with Crippen molar-refractivity contribution in [1.82, 2.24) is 0 Å². The van der Waals surface area contributed by atoms with Crippen molar-refractivity contribution in [3.63, 3.8) is 0 Å². The van der Waals surface area contributed by atoms with E-state index in [2.05, 4.69) is 12.5 Å². The zero-order valence-electron chi connectivity index (χ0n) is 5.71. The number of rotatable bonds is 4. The van der Waals surface area contributed by atoms with Gasteiger partial charge in [0.15, 0.2) is 0 Å². The average Bonchev–Trinajstić information content (AvgIpc) is 1.88. The molecular formula is C8H10O2. The molecule has 0 aromatic heterocycles. The van der Waals surface area contributed by atoms with Gasteiger partial charge in [-0.2, -0.15) is 0 Å². The van der Waals surface area contributed by atoms with Crippen LogP contribution in [0.4, 0.5) is 0 Å². The number of hydrogen-bond donors (Lipinski definition) is 1. The molecule has 0 heterocycles. The molecule has 0 aromatic carbocycles. The van der Waals surface area contributed by atoms with Crippen molar-refractivity contribution in [2.45, 2.75) is 18.9 Å². The van der Waals surface area contributed by atoms with Crippen LogP contribution in [0.3, 0.4) is 0 Å². The summed E-state index contributed by atoms with van der Waals surface area (Å²) in [6, 6.07) is 0. The van der Waals surface area contributed by atoms with Gasteiger partial charge in [-0.3, -0.25) is 4.79 Å². The fraction of sp³-hybridized carbons (Fsp3) is 0.375. The van der Waals surface area contributed by atoms with Gasteiger partial charge in [0.2, 0.25) is 0 Å². The van der Waals surface area contributed by atoms with E-state index in [1.54, 1.807) is 0 Å². The lowest BCUT2D eigenvalue weighted by Gasteiger charge is -1.98. The lowest BCUT2D eigenvalue weighted by atomic mass is 10.1. The highest BCUT2D eigenvalue weighted by Crippen LogP contribution is 1.95. The molecule has 0 aromatic rings. The minimum absolute atomic E-state index is 0.0303. The molecule has 10 heavy (non-hydrogen) atoms. The second-order valence-corrected chi connectivity index (χ2v) is 1.92. The van der Waals surface area contributed by atoms with Gasteiger partial charge in [0, 0.05) is 12.8 Å². The van der Waals surface area contributed by atoms with E-state index in [1.807, 2.05) is 0 Å². The standard InChI is InChI=1S/C8H10O2/c1-3-5-8(10)6-7(9)4-2/h2-3,7,9H,1,5-6H2. The molecule has 1 N–H and O–H groups in total. The first-order valence-corrected chi connectivity index (χ1v) is 2.97. The number of carbonyl (C=O) groups is 1. The Balaban J connectivity index is 3.59. The van der Waals surface area contributed by atoms with Gasteiger partial charge in [-0.25, -0.2) is 0 Å². The van der Waals surface area contributed by atoms with Gasteiger partial charge >= 0.3 is 0 Å². The molecule has 2 heteroatoms. The summed E-state index contributed by atoms with van der Waals surface area (Å²) in [4.78, 5) is 10.7. The minimum Gasteiger partial charge on any atom is -0.380 e. The highest BCUT2D eigenvalue weighted by Gasteiger charge is 2.04. The van der Waals surface area contributed by atoms with Gasteiger partial charge in [-0.1, -0.05) is 12.0 Å². The maximum absolute atomic E-state index is 10.7. The van der Waals surface area contributed by atoms with Crippen LogP contribution in [0.2, 0.25) is 0 Å². The van der Waals surface area contributed by atoms with E-state index in [0.717, 1.165) is 0 Å². The van der Waals surface area contributed by atoms with E-state index < -0.39 is 6.10 Å². The summed E-state index contributed by atoms with van der Waals surface area (Å²) in [5, 5.41) is 8.76. The summed E-state index contributed by atoms with van der Waals surface area (Å²) < 4.78 is 0. The van der Waals surface area contributed by atoms with Crippen LogP contribution in [0.25, 0.3) is 0 Å². The molecule has 0 rings (SSSR count). The predicted molar refractivity (Wildman–Crippen MR) is 39.3 cm³/mol. The Morgan fingerprint density at radius 2 is 2.50 bits per heavy atom. The number of aliphatic hydroxyl groups excluding tert-OH is 1. The maximum Gasteiger partial charge on any atom is 0.140 e. The van der Waals surface area contributed by atoms with Crippen molar-refractivity contribution in [2.24, 2.45) is 0 Å². The Labute approximate surface area is 60.6 Å². The molecule has 0 saturated heterocycles. The summed E-state index contributed by atoms with van der Waals surface area (Å²) in [6.07, 6.45) is 5.70. The van der Waals surface area contributed by atoms with Gasteiger partial charge in [0.05, 0.1) is 0 Å². The first-order valence-electron chi connectivity index (χ1n) is 2.97. The van der Waals surface area contributed by atoms with Crippen molar-refractivity contribution in [2.75, 3.05) is 0 Å². The van der Waals surface area contributed by atoms with Crippen LogP contribution in [0, 0.1) is 12.3 Å². The summed E-state index contributed by atoms with van der Waals surface area (Å²) >= 11 is 0. The largest absolute Gasteiger partial charge is 0.380 e. The van der Waals surface area contributed by atoms with Gasteiger partial charge in [-0.15, -0.1) is 13.0 Å². The molecule has 0 saturated carbocycles. The van der Waals surface area contributed by atoms with Crippen LogP contribution in [0.1, 0.15) is 12.8 Å².